The Morgan fingerprint density at radius 3 is 2.33 bits per heavy atom. The Morgan fingerprint density at radius 1 is 1.10 bits per heavy atom. The lowest BCUT2D eigenvalue weighted by molar-refractivity contribution is 0.386. The molecule has 0 saturated carbocycles. The predicted molar refractivity (Wildman–Crippen MR) is 84.0 cm³/mol. The van der Waals surface area contributed by atoms with Crippen molar-refractivity contribution >= 4 is 0 Å². The van der Waals surface area contributed by atoms with E-state index in [0.29, 0.717) is 0 Å². The monoisotopic (exact) mass is 287 g/mol. The number of methoxy groups -OCH3 is 1. The van der Waals surface area contributed by atoms with Gasteiger partial charge in [-0.1, -0.05) is 43.7 Å². The van der Waals surface area contributed by atoms with E-state index in [1.54, 1.807) is 12.1 Å². The summed E-state index contributed by atoms with van der Waals surface area (Å²) >= 11 is 0. The highest BCUT2D eigenvalue weighted by atomic mass is 19.1. The largest absolute Gasteiger partial charge is 0.494 e. The van der Waals surface area contributed by atoms with Crippen LogP contribution >= 0.6 is 0 Å². The van der Waals surface area contributed by atoms with Gasteiger partial charge in [-0.25, -0.2) is 4.39 Å². The molecule has 0 amide bonds. The van der Waals surface area contributed by atoms with Crippen LogP contribution in [-0.2, 0) is 6.42 Å². The highest BCUT2D eigenvalue weighted by molar-refractivity contribution is 5.37. The normalized spacial score (nSPS) is 12.2. The Balaban J connectivity index is 2.15. The van der Waals surface area contributed by atoms with Gasteiger partial charge in [0.15, 0.2) is 11.6 Å². The zero-order chi connectivity index (χ0) is 15.2. The maximum Gasteiger partial charge on any atom is 0.165 e. The van der Waals surface area contributed by atoms with Crippen LogP contribution < -0.4 is 10.5 Å². The van der Waals surface area contributed by atoms with Crippen LogP contribution in [0.2, 0.25) is 0 Å². The standard InChI is InChI=1S/C18H22FNO/c1-3-4-5-13-6-8-14(9-7-13)18(20)15-10-11-17(21-2)16(19)12-15/h6-12,18H,3-5,20H2,1-2H3. The SMILES string of the molecule is CCCCc1ccc(C(N)c2ccc(OC)c(F)c2)cc1. The van der Waals surface area contributed by atoms with Gasteiger partial charge in [0.05, 0.1) is 13.2 Å². The number of hydrogen-bond acceptors (Lipinski definition) is 2. The fraction of sp³-hybridized carbons (Fsp3) is 0.333. The van der Waals surface area contributed by atoms with Crippen LogP contribution in [0.4, 0.5) is 4.39 Å². The molecule has 1 atom stereocenters. The summed E-state index contributed by atoms with van der Waals surface area (Å²) in [5, 5.41) is 0. The minimum absolute atomic E-state index is 0.237. The van der Waals surface area contributed by atoms with E-state index in [9.17, 15) is 4.39 Å². The average Bonchev–Trinajstić information content (AvgIpc) is 2.52. The van der Waals surface area contributed by atoms with Crippen LogP contribution in [0.5, 0.6) is 5.75 Å². The molecule has 2 aromatic carbocycles. The third-order valence-electron chi connectivity index (χ3n) is 3.69. The van der Waals surface area contributed by atoms with Crippen molar-refractivity contribution < 1.29 is 9.13 Å². The highest BCUT2D eigenvalue weighted by Gasteiger charge is 2.12. The zero-order valence-electron chi connectivity index (χ0n) is 12.6. The molecule has 0 aliphatic carbocycles. The lowest BCUT2D eigenvalue weighted by atomic mass is 9.97. The lowest BCUT2D eigenvalue weighted by Gasteiger charge is -2.14. The van der Waals surface area contributed by atoms with Crippen molar-refractivity contribution in [1.82, 2.24) is 0 Å². The third kappa shape index (κ3) is 3.82. The van der Waals surface area contributed by atoms with Gasteiger partial charge < -0.3 is 10.5 Å². The highest BCUT2D eigenvalue weighted by Crippen LogP contribution is 2.25. The number of aryl methyl sites for hydroxylation is 1. The molecule has 1 unspecified atom stereocenters. The van der Waals surface area contributed by atoms with Crippen molar-refractivity contribution in [3.05, 3.63) is 65.0 Å². The first-order chi connectivity index (χ1) is 10.2. The summed E-state index contributed by atoms with van der Waals surface area (Å²) in [4.78, 5) is 0. The first kappa shape index (κ1) is 15.5. The molecule has 2 N–H and O–H groups in total. The van der Waals surface area contributed by atoms with Gasteiger partial charge in [0, 0.05) is 0 Å². The van der Waals surface area contributed by atoms with Crippen molar-refractivity contribution in [2.45, 2.75) is 32.2 Å². The Bertz CT molecular complexity index is 580. The number of ether oxygens (including phenoxy) is 1. The van der Waals surface area contributed by atoms with Crippen molar-refractivity contribution in [3.8, 4) is 5.75 Å². The summed E-state index contributed by atoms with van der Waals surface area (Å²) in [7, 11) is 1.45. The topological polar surface area (TPSA) is 35.2 Å². The van der Waals surface area contributed by atoms with Gasteiger partial charge in [0.25, 0.3) is 0 Å². The van der Waals surface area contributed by atoms with Crippen LogP contribution in [0.15, 0.2) is 42.5 Å². The van der Waals surface area contributed by atoms with Gasteiger partial charge in [-0.3, -0.25) is 0 Å². The van der Waals surface area contributed by atoms with E-state index in [1.165, 1.54) is 31.6 Å². The molecule has 112 valence electrons. The van der Waals surface area contributed by atoms with Crippen LogP contribution in [-0.4, -0.2) is 7.11 Å². The van der Waals surface area contributed by atoms with Crippen molar-refractivity contribution in [2.24, 2.45) is 5.73 Å². The maximum atomic E-state index is 13.7. The second-order valence-electron chi connectivity index (χ2n) is 5.22. The molecule has 0 fully saturated rings. The Labute approximate surface area is 125 Å². The molecule has 0 bridgehead atoms. The molecule has 0 aromatic heterocycles. The number of benzene rings is 2. The van der Waals surface area contributed by atoms with Crippen LogP contribution in [0.25, 0.3) is 0 Å². The Hall–Kier alpha value is -1.87. The number of rotatable bonds is 6. The Kier molecular flexibility index (Phi) is 5.34. The van der Waals surface area contributed by atoms with Gasteiger partial charge in [-0.15, -0.1) is 0 Å². The van der Waals surface area contributed by atoms with Gasteiger partial charge in [0.1, 0.15) is 0 Å². The number of nitrogens with two attached hydrogens (primary N) is 1. The first-order valence-corrected chi connectivity index (χ1v) is 7.33. The average molecular weight is 287 g/mol. The molecule has 21 heavy (non-hydrogen) atoms. The van der Waals surface area contributed by atoms with E-state index in [0.717, 1.165) is 17.5 Å². The second kappa shape index (κ2) is 7.23. The van der Waals surface area contributed by atoms with Gasteiger partial charge in [-0.05, 0) is 41.7 Å². The quantitative estimate of drug-likeness (QED) is 0.863. The molecule has 2 rings (SSSR count). The molecular weight excluding hydrogens is 265 g/mol. The summed E-state index contributed by atoms with van der Waals surface area (Å²) in [5.74, 6) is -0.147. The van der Waals surface area contributed by atoms with Crippen LogP contribution in [0.3, 0.4) is 0 Å². The second-order valence-corrected chi connectivity index (χ2v) is 5.22. The molecule has 3 heteroatoms. The van der Waals surface area contributed by atoms with Crippen molar-refractivity contribution in [3.63, 3.8) is 0 Å². The maximum absolute atomic E-state index is 13.7. The summed E-state index contributed by atoms with van der Waals surface area (Å²) < 4.78 is 18.7. The lowest BCUT2D eigenvalue weighted by Crippen LogP contribution is -2.12. The number of halogens is 1. The fourth-order valence-electron chi connectivity index (χ4n) is 2.34. The summed E-state index contributed by atoms with van der Waals surface area (Å²) in [6.07, 6.45) is 3.46. The Morgan fingerprint density at radius 2 is 1.76 bits per heavy atom. The smallest absolute Gasteiger partial charge is 0.165 e. The van der Waals surface area contributed by atoms with Crippen LogP contribution in [0.1, 0.15) is 42.5 Å². The van der Waals surface area contributed by atoms with E-state index in [-0.39, 0.29) is 17.6 Å². The number of unbranched alkanes of at least 4 members (excludes halogenated alkanes) is 1. The molecule has 2 nitrogen and oxygen atoms in total. The van der Waals surface area contributed by atoms with E-state index in [4.69, 9.17) is 10.5 Å². The molecule has 0 aliphatic rings. The molecule has 0 spiro atoms. The predicted octanol–water partition coefficient (Wildman–Crippen LogP) is 4.23. The van der Waals surface area contributed by atoms with Crippen molar-refractivity contribution in [1.29, 1.82) is 0 Å². The molecule has 0 saturated heterocycles. The summed E-state index contributed by atoms with van der Waals surface area (Å²) in [6, 6.07) is 12.8. The van der Waals surface area contributed by atoms with Crippen molar-refractivity contribution in [2.75, 3.05) is 7.11 Å². The van der Waals surface area contributed by atoms with Gasteiger partial charge in [0.2, 0.25) is 0 Å². The van der Waals surface area contributed by atoms with Gasteiger partial charge in [-0.2, -0.15) is 0 Å². The molecule has 0 radical (unpaired) electrons. The van der Waals surface area contributed by atoms with E-state index in [1.807, 2.05) is 12.1 Å². The third-order valence-corrected chi connectivity index (χ3v) is 3.69. The van der Waals surface area contributed by atoms with E-state index < -0.39 is 0 Å². The molecular formula is C18H22FNO. The molecule has 0 aliphatic heterocycles. The van der Waals surface area contributed by atoms with E-state index >= 15 is 0 Å². The zero-order valence-corrected chi connectivity index (χ0v) is 12.6. The molecule has 0 heterocycles. The van der Waals surface area contributed by atoms with Crippen LogP contribution in [0, 0.1) is 5.82 Å². The molecule has 2 aromatic rings. The fourth-order valence-corrected chi connectivity index (χ4v) is 2.34. The minimum Gasteiger partial charge on any atom is -0.494 e. The summed E-state index contributed by atoms with van der Waals surface area (Å²) in [6.45, 7) is 2.18. The minimum atomic E-state index is -0.384. The number of hydrogen-bond donors (Lipinski definition) is 1. The summed E-state index contributed by atoms with van der Waals surface area (Å²) in [5.41, 5.74) is 9.26. The van der Waals surface area contributed by atoms with Gasteiger partial charge >= 0.3 is 0 Å². The first-order valence-electron chi connectivity index (χ1n) is 7.33. The van der Waals surface area contributed by atoms with E-state index in [2.05, 4.69) is 19.1 Å².